The minimum Gasteiger partial charge on any atom is -0.381 e. The molecule has 8 heteroatoms. The van der Waals surface area contributed by atoms with Crippen LogP contribution >= 0.6 is 11.3 Å². The predicted molar refractivity (Wildman–Crippen MR) is 95.3 cm³/mol. The molecule has 1 N–H and O–H groups in total. The van der Waals surface area contributed by atoms with Gasteiger partial charge < -0.3 is 4.74 Å². The maximum Gasteiger partial charge on any atom is 0.257 e. The highest BCUT2D eigenvalue weighted by Gasteiger charge is 2.22. The van der Waals surface area contributed by atoms with Crippen molar-refractivity contribution in [3.05, 3.63) is 22.2 Å². The Bertz CT molecular complexity index is 696. The molecule has 0 spiro atoms. The van der Waals surface area contributed by atoms with Crippen molar-refractivity contribution in [2.24, 2.45) is 5.92 Å². The summed E-state index contributed by atoms with van der Waals surface area (Å²) < 4.78 is 31.4. The van der Waals surface area contributed by atoms with E-state index in [-0.39, 0.29) is 17.1 Å². The lowest BCUT2D eigenvalue weighted by Crippen LogP contribution is -2.35. The van der Waals surface area contributed by atoms with Gasteiger partial charge in [-0.3, -0.25) is 4.79 Å². The molecule has 0 radical (unpaired) electrons. The Balaban J connectivity index is 1.90. The van der Waals surface area contributed by atoms with Gasteiger partial charge in [0, 0.05) is 35.8 Å². The van der Waals surface area contributed by atoms with Crippen molar-refractivity contribution in [1.82, 2.24) is 9.71 Å². The average molecular weight is 373 g/mol. The summed E-state index contributed by atoms with van der Waals surface area (Å²) in [5.74, 6) is -0.623. The van der Waals surface area contributed by atoms with Crippen LogP contribution in [0.15, 0.2) is 12.3 Å². The molecule has 1 aromatic heterocycles. The third-order valence-electron chi connectivity index (χ3n) is 3.62. The summed E-state index contributed by atoms with van der Waals surface area (Å²) >= 11 is 1.49. The van der Waals surface area contributed by atoms with E-state index in [1.165, 1.54) is 17.4 Å². The van der Waals surface area contributed by atoms with Gasteiger partial charge in [0.25, 0.3) is 5.91 Å². The molecule has 24 heavy (non-hydrogen) atoms. The second-order valence-corrected chi connectivity index (χ2v) is 9.78. The summed E-state index contributed by atoms with van der Waals surface area (Å²) in [7, 11) is -3.62. The molecular weight excluding hydrogens is 348 g/mol. The number of ether oxygens (including phenoxy) is 1. The fourth-order valence-electron chi connectivity index (χ4n) is 2.32. The quantitative estimate of drug-likeness (QED) is 0.802. The van der Waals surface area contributed by atoms with Crippen molar-refractivity contribution in [1.29, 1.82) is 0 Å². The number of hydrogen-bond acceptors (Lipinski definition) is 6. The molecular formula is C16H24N2O4S2. The molecule has 0 saturated carbocycles. The van der Waals surface area contributed by atoms with Gasteiger partial charge in [0.05, 0.1) is 10.8 Å². The van der Waals surface area contributed by atoms with Crippen molar-refractivity contribution >= 4 is 33.3 Å². The Labute approximate surface area is 147 Å². The van der Waals surface area contributed by atoms with Gasteiger partial charge in [-0.05, 0) is 24.8 Å². The first kappa shape index (κ1) is 19.1. The SMILES string of the molecule is CC(C)(C)c1ncc(/C=C/C(=O)NS(=O)(=O)CC2CCOCC2)s1. The third kappa shape index (κ3) is 5.99. The molecule has 0 atom stereocenters. The van der Waals surface area contributed by atoms with Gasteiger partial charge in [-0.15, -0.1) is 11.3 Å². The first-order valence-corrected chi connectivity index (χ1v) is 10.4. The molecule has 134 valence electrons. The number of nitrogens with one attached hydrogen (secondary N) is 1. The van der Waals surface area contributed by atoms with Gasteiger partial charge >= 0.3 is 0 Å². The number of amides is 1. The Morgan fingerprint density at radius 3 is 2.67 bits per heavy atom. The molecule has 0 unspecified atom stereocenters. The Kier molecular flexibility index (Phi) is 6.17. The summed E-state index contributed by atoms with van der Waals surface area (Å²) in [6, 6.07) is 0. The molecule has 1 saturated heterocycles. The standard InChI is InChI=1S/C16H24N2O4S2/c1-16(2,3)15-17-10-13(23-15)4-5-14(19)18-24(20,21)11-12-6-8-22-9-7-12/h4-5,10,12H,6-9,11H2,1-3H3,(H,18,19)/b5-4+. The number of nitrogens with zero attached hydrogens (tertiary/aromatic N) is 1. The number of carbonyl (C=O) groups is 1. The second kappa shape index (κ2) is 7.76. The molecule has 0 aromatic carbocycles. The van der Waals surface area contributed by atoms with E-state index in [0.29, 0.717) is 26.1 Å². The summed E-state index contributed by atoms with van der Waals surface area (Å²) in [6.07, 6.45) is 5.93. The summed E-state index contributed by atoms with van der Waals surface area (Å²) in [6.45, 7) is 7.35. The topological polar surface area (TPSA) is 85.4 Å². The normalized spacial score (nSPS) is 17.3. The van der Waals surface area contributed by atoms with E-state index in [9.17, 15) is 13.2 Å². The maximum atomic E-state index is 12.0. The van der Waals surface area contributed by atoms with Crippen molar-refractivity contribution in [3.63, 3.8) is 0 Å². The smallest absolute Gasteiger partial charge is 0.257 e. The fourth-order valence-corrected chi connectivity index (χ4v) is 4.61. The Morgan fingerprint density at radius 1 is 1.42 bits per heavy atom. The van der Waals surface area contributed by atoms with E-state index < -0.39 is 15.9 Å². The lowest BCUT2D eigenvalue weighted by molar-refractivity contribution is -0.114. The number of hydrogen-bond donors (Lipinski definition) is 1. The minimum absolute atomic E-state index is 0.0370. The number of carbonyl (C=O) groups excluding carboxylic acids is 1. The molecule has 1 fully saturated rings. The van der Waals surface area contributed by atoms with Crippen molar-refractivity contribution < 1.29 is 17.9 Å². The second-order valence-electron chi connectivity index (χ2n) is 6.95. The maximum absolute atomic E-state index is 12.0. The predicted octanol–water partition coefficient (Wildman–Crippen LogP) is 2.33. The molecule has 6 nitrogen and oxygen atoms in total. The van der Waals surface area contributed by atoms with E-state index in [1.54, 1.807) is 12.3 Å². The van der Waals surface area contributed by atoms with E-state index >= 15 is 0 Å². The molecule has 2 heterocycles. The molecule has 1 aliphatic heterocycles. The average Bonchev–Trinajstić information content (AvgIpc) is 2.94. The van der Waals surface area contributed by atoms with Crippen LogP contribution in [0.1, 0.15) is 43.5 Å². The summed E-state index contributed by atoms with van der Waals surface area (Å²) in [4.78, 5) is 17.0. The van der Waals surface area contributed by atoms with Crippen LogP contribution in [0.4, 0.5) is 0 Å². The molecule has 2 rings (SSSR count). The van der Waals surface area contributed by atoms with E-state index in [1.807, 2.05) is 0 Å². The summed E-state index contributed by atoms with van der Waals surface area (Å²) in [5.41, 5.74) is -0.0495. The van der Waals surface area contributed by atoms with Crippen LogP contribution in [0.25, 0.3) is 6.08 Å². The van der Waals surface area contributed by atoms with E-state index in [4.69, 9.17) is 4.74 Å². The van der Waals surface area contributed by atoms with E-state index in [2.05, 4.69) is 30.5 Å². The fraction of sp³-hybridized carbons (Fsp3) is 0.625. The first-order valence-electron chi connectivity index (χ1n) is 7.92. The largest absolute Gasteiger partial charge is 0.381 e. The number of sulfonamides is 1. The van der Waals surface area contributed by atoms with Gasteiger partial charge in [-0.25, -0.2) is 18.1 Å². The highest BCUT2D eigenvalue weighted by molar-refractivity contribution is 7.90. The monoisotopic (exact) mass is 372 g/mol. The molecule has 1 aromatic rings. The van der Waals surface area contributed by atoms with Gasteiger partial charge in [-0.2, -0.15) is 0 Å². The van der Waals surface area contributed by atoms with Crippen molar-refractivity contribution in [3.8, 4) is 0 Å². The number of rotatable bonds is 5. The molecule has 1 aliphatic rings. The zero-order valence-corrected chi connectivity index (χ0v) is 15.9. The van der Waals surface area contributed by atoms with Crippen LogP contribution in [0.2, 0.25) is 0 Å². The molecule has 0 aliphatic carbocycles. The van der Waals surface area contributed by atoms with Crippen molar-refractivity contribution in [2.45, 2.75) is 39.0 Å². The van der Waals surface area contributed by atoms with Gasteiger partial charge in [0.15, 0.2) is 0 Å². The zero-order chi connectivity index (χ0) is 17.8. The van der Waals surface area contributed by atoms with Gasteiger partial charge in [0.2, 0.25) is 10.0 Å². The third-order valence-corrected chi connectivity index (χ3v) is 6.43. The Morgan fingerprint density at radius 2 is 2.08 bits per heavy atom. The first-order chi connectivity index (χ1) is 11.2. The van der Waals surface area contributed by atoms with Gasteiger partial charge in [0.1, 0.15) is 0 Å². The summed E-state index contributed by atoms with van der Waals surface area (Å²) in [5, 5.41) is 0.967. The van der Waals surface area contributed by atoms with Gasteiger partial charge in [-0.1, -0.05) is 20.8 Å². The van der Waals surface area contributed by atoms with E-state index in [0.717, 1.165) is 9.88 Å². The Hall–Kier alpha value is -1.25. The highest BCUT2D eigenvalue weighted by atomic mass is 32.2. The molecule has 0 bridgehead atoms. The van der Waals surface area contributed by atoms with Crippen LogP contribution in [0, 0.1) is 5.92 Å². The lowest BCUT2D eigenvalue weighted by atomic mass is 9.98. The van der Waals surface area contributed by atoms with Crippen LogP contribution in [-0.4, -0.2) is 38.3 Å². The highest BCUT2D eigenvalue weighted by Crippen LogP contribution is 2.27. The number of thiazole rings is 1. The van der Waals surface area contributed by atoms with Crippen molar-refractivity contribution in [2.75, 3.05) is 19.0 Å². The van der Waals surface area contributed by atoms with Crippen LogP contribution < -0.4 is 4.72 Å². The zero-order valence-electron chi connectivity index (χ0n) is 14.2. The minimum atomic E-state index is -3.62. The van der Waals surface area contributed by atoms with Crippen LogP contribution in [-0.2, 0) is 25.0 Å². The van der Waals surface area contributed by atoms with Crippen LogP contribution in [0.5, 0.6) is 0 Å². The molecule has 1 amide bonds. The lowest BCUT2D eigenvalue weighted by Gasteiger charge is -2.21. The van der Waals surface area contributed by atoms with Crippen LogP contribution in [0.3, 0.4) is 0 Å². The number of aromatic nitrogens is 1.